The molecule has 2 aromatic heterocycles. The Morgan fingerprint density at radius 1 is 0.923 bits per heavy atom. The van der Waals surface area contributed by atoms with Crippen LogP contribution in [0, 0.1) is 0 Å². The first-order valence-electron chi connectivity index (χ1n) is 8.43. The Kier molecular flexibility index (Phi) is 3.46. The number of rotatable bonds is 3. The molecular weight excluding hydrogens is 364 g/mol. The zero-order chi connectivity index (χ0) is 17.9. The van der Waals surface area contributed by atoms with Crippen LogP contribution in [-0.2, 0) is 16.8 Å². The van der Waals surface area contributed by atoms with Crippen molar-refractivity contribution in [3.05, 3.63) is 63.0 Å². The van der Waals surface area contributed by atoms with E-state index in [0.29, 0.717) is 6.61 Å². The molecular formula is C21H18O3S2. The van der Waals surface area contributed by atoms with Crippen molar-refractivity contribution in [2.45, 2.75) is 18.9 Å². The Bertz CT molecular complexity index is 1000. The largest absolute Gasteiger partial charge is 0.496 e. The molecule has 0 atom stereocenters. The van der Waals surface area contributed by atoms with Crippen LogP contribution in [0.2, 0.25) is 0 Å². The van der Waals surface area contributed by atoms with Crippen LogP contribution in [0.25, 0.3) is 15.8 Å². The smallest absolute Gasteiger partial charge is 0.126 e. The maximum atomic E-state index is 6.32. The molecule has 0 amide bonds. The van der Waals surface area contributed by atoms with Crippen molar-refractivity contribution in [1.29, 1.82) is 0 Å². The zero-order valence-corrected chi connectivity index (χ0v) is 16.4. The van der Waals surface area contributed by atoms with E-state index in [1.54, 1.807) is 14.2 Å². The first-order valence-corrected chi connectivity index (χ1v) is 10.2. The van der Waals surface area contributed by atoms with Gasteiger partial charge < -0.3 is 14.2 Å². The summed E-state index contributed by atoms with van der Waals surface area (Å²) in [4.78, 5) is 2.73. The van der Waals surface area contributed by atoms with E-state index in [-0.39, 0.29) is 5.41 Å². The summed E-state index contributed by atoms with van der Waals surface area (Å²) in [5, 5.41) is 4.35. The van der Waals surface area contributed by atoms with Crippen molar-refractivity contribution in [1.82, 2.24) is 0 Å². The third kappa shape index (κ3) is 1.93. The molecule has 0 fully saturated rings. The highest BCUT2D eigenvalue weighted by molar-refractivity contribution is 7.21. The van der Waals surface area contributed by atoms with Gasteiger partial charge >= 0.3 is 0 Å². The number of thiophene rings is 2. The predicted octanol–water partition coefficient (Wildman–Crippen LogP) is 5.68. The number of hydrogen-bond acceptors (Lipinski definition) is 5. The average molecular weight is 383 g/mol. The Hall–Kier alpha value is -2.24. The van der Waals surface area contributed by atoms with E-state index in [9.17, 15) is 0 Å². The van der Waals surface area contributed by atoms with Crippen LogP contribution in [0.4, 0.5) is 0 Å². The van der Waals surface area contributed by atoms with Crippen LogP contribution in [0.3, 0.4) is 0 Å². The fraction of sp³-hybridized carbons (Fsp3) is 0.238. The molecule has 0 radical (unpaired) electrons. The molecule has 0 bridgehead atoms. The maximum absolute atomic E-state index is 6.32. The zero-order valence-electron chi connectivity index (χ0n) is 14.8. The average Bonchev–Trinajstić information content (AvgIpc) is 3.38. The molecule has 1 aromatic carbocycles. The lowest BCUT2D eigenvalue weighted by molar-refractivity contribution is 0.162. The standard InChI is InChI=1S/C21H18O3S2/c1-21(14-6-8-25-19(14)20-15(21)7-9-26-20)18-10-12-13(11-24-18)17(23-3)5-4-16(12)22-2/h4-10H,11H2,1-3H3. The molecule has 0 N–H and O–H groups in total. The van der Waals surface area contributed by atoms with E-state index in [4.69, 9.17) is 14.2 Å². The van der Waals surface area contributed by atoms with Crippen molar-refractivity contribution in [3.8, 4) is 21.3 Å². The second-order valence-corrected chi connectivity index (χ2v) is 8.44. The summed E-state index contributed by atoms with van der Waals surface area (Å²) >= 11 is 3.62. The molecule has 0 saturated carbocycles. The third-order valence-electron chi connectivity index (χ3n) is 5.47. The van der Waals surface area contributed by atoms with Gasteiger partial charge in [0.1, 0.15) is 23.9 Å². The molecule has 5 rings (SSSR count). The molecule has 3 nitrogen and oxygen atoms in total. The van der Waals surface area contributed by atoms with Crippen molar-refractivity contribution < 1.29 is 14.2 Å². The number of methoxy groups -OCH3 is 2. The van der Waals surface area contributed by atoms with Crippen LogP contribution in [-0.4, -0.2) is 14.2 Å². The molecule has 1 aliphatic carbocycles. The molecule has 1 aliphatic heterocycles. The second kappa shape index (κ2) is 5.63. The lowest BCUT2D eigenvalue weighted by atomic mass is 9.78. The van der Waals surface area contributed by atoms with Crippen molar-refractivity contribution in [2.24, 2.45) is 0 Å². The van der Waals surface area contributed by atoms with Gasteiger partial charge in [0, 0.05) is 20.9 Å². The van der Waals surface area contributed by atoms with Crippen LogP contribution in [0.1, 0.15) is 29.2 Å². The monoisotopic (exact) mass is 382 g/mol. The van der Waals surface area contributed by atoms with Gasteiger partial charge in [-0.25, -0.2) is 0 Å². The fourth-order valence-corrected chi connectivity index (χ4v) is 6.28. The molecule has 5 heteroatoms. The Labute approximate surface area is 160 Å². The quantitative estimate of drug-likeness (QED) is 0.583. The lowest BCUT2D eigenvalue weighted by Crippen LogP contribution is -2.26. The van der Waals surface area contributed by atoms with Gasteiger partial charge in [-0.2, -0.15) is 0 Å². The van der Waals surface area contributed by atoms with E-state index in [1.165, 1.54) is 20.9 Å². The van der Waals surface area contributed by atoms with E-state index in [2.05, 4.69) is 35.9 Å². The van der Waals surface area contributed by atoms with Gasteiger partial charge in [0.05, 0.1) is 19.6 Å². The number of allylic oxidation sites excluding steroid dienone is 1. The summed E-state index contributed by atoms with van der Waals surface area (Å²) < 4.78 is 17.5. The van der Waals surface area contributed by atoms with E-state index < -0.39 is 0 Å². The minimum Gasteiger partial charge on any atom is -0.496 e. The van der Waals surface area contributed by atoms with Crippen LogP contribution < -0.4 is 9.47 Å². The molecule has 3 aromatic rings. The Balaban J connectivity index is 1.73. The van der Waals surface area contributed by atoms with Gasteiger partial charge in [-0.3, -0.25) is 0 Å². The van der Waals surface area contributed by atoms with Gasteiger partial charge in [0.25, 0.3) is 0 Å². The summed E-state index contributed by atoms with van der Waals surface area (Å²) in [6.45, 7) is 2.75. The summed E-state index contributed by atoms with van der Waals surface area (Å²) in [7, 11) is 3.39. The van der Waals surface area contributed by atoms with Gasteiger partial charge in [0.2, 0.25) is 0 Å². The molecule has 132 valence electrons. The minimum absolute atomic E-state index is 0.267. The minimum atomic E-state index is -0.267. The fourth-order valence-electron chi connectivity index (χ4n) is 4.08. The second-order valence-electron chi connectivity index (χ2n) is 6.61. The topological polar surface area (TPSA) is 27.7 Å². The van der Waals surface area contributed by atoms with Crippen LogP contribution >= 0.6 is 22.7 Å². The SMILES string of the molecule is COc1ccc(OC)c2c1C=C(C1(C)c3ccsc3-c3sccc31)OC2. The summed E-state index contributed by atoms with van der Waals surface area (Å²) in [6, 6.07) is 8.36. The van der Waals surface area contributed by atoms with Crippen LogP contribution in [0.15, 0.2) is 40.8 Å². The van der Waals surface area contributed by atoms with Gasteiger partial charge in [-0.05, 0) is 59.2 Å². The number of benzene rings is 1. The molecule has 0 unspecified atom stereocenters. The van der Waals surface area contributed by atoms with E-state index >= 15 is 0 Å². The van der Waals surface area contributed by atoms with E-state index in [0.717, 1.165) is 28.4 Å². The highest BCUT2D eigenvalue weighted by Gasteiger charge is 2.46. The number of fused-ring (bicyclic) bond motifs is 4. The molecule has 0 spiro atoms. The normalized spacial score (nSPS) is 16.2. The van der Waals surface area contributed by atoms with Gasteiger partial charge in [-0.15, -0.1) is 22.7 Å². The molecule has 0 saturated heterocycles. The molecule has 26 heavy (non-hydrogen) atoms. The lowest BCUT2D eigenvalue weighted by Gasteiger charge is -2.32. The summed E-state index contributed by atoms with van der Waals surface area (Å²) in [6.07, 6.45) is 2.13. The Morgan fingerprint density at radius 2 is 1.54 bits per heavy atom. The van der Waals surface area contributed by atoms with Crippen molar-refractivity contribution in [2.75, 3.05) is 14.2 Å². The number of ether oxygens (including phenoxy) is 3. The maximum Gasteiger partial charge on any atom is 0.126 e. The predicted molar refractivity (Wildman–Crippen MR) is 106 cm³/mol. The third-order valence-corrected chi connectivity index (χ3v) is 7.46. The summed E-state index contributed by atoms with van der Waals surface area (Å²) in [5.41, 5.74) is 4.49. The highest BCUT2D eigenvalue weighted by atomic mass is 32.1. The van der Waals surface area contributed by atoms with Crippen LogP contribution in [0.5, 0.6) is 11.5 Å². The van der Waals surface area contributed by atoms with E-state index in [1.807, 2.05) is 34.8 Å². The highest BCUT2D eigenvalue weighted by Crippen LogP contribution is 2.58. The first kappa shape index (κ1) is 16.0. The van der Waals surface area contributed by atoms with Crippen molar-refractivity contribution >= 4 is 28.7 Å². The first-order chi connectivity index (χ1) is 12.7. The summed E-state index contributed by atoms with van der Waals surface area (Å²) in [5.74, 6) is 2.65. The Morgan fingerprint density at radius 3 is 2.15 bits per heavy atom. The molecule has 3 heterocycles. The molecule has 2 aliphatic rings. The van der Waals surface area contributed by atoms with Gasteiger partial charge in [-0.1, -0.05) is 0 Å². The van der Waals surface area contributed by atoms with Gasteiger partial charge in [0.15, 0.2) is 0 Å². The van der Waals surface area contributed by atoms with Crippen molar-refractivity contribution in [3.63, 3.8) is 0 Å². The number of hydrogen-bond donors (Lipinski definition) is 0.